The molecule has 2 nitrogen and oxygen atoms in total. The third-order valence-electron chi connectivity index (χ3n) is 4.26. The van der Waals surface area contributed by atoms with Crippen LogP contribution in [-0.4, -0.2) is 27.7 Å². The molecule has 0 saturated carbocycles. The fourth-order valence-corrected chi connectivity index (χ4v) is 21.5. The van der Waals surface area contributed by atoms with Gasteiger partial charge in [0.2, 0.25) is 0 Å². The number of rotatable bonds is 11. The van der Waals surface area contributed by atoms with Crippen molar-refractivity contribution in [3.05, 3.63) is 5.82 Å². The van der Waals surface area contributed by atoms with Crippen molar-refractivity contribution in [3.63, 3.8) is 0 Å². The van der Waals surface area contributed by atoms with Crippen LogP contribution in [0, 0.1) is 0 Å². The molecule has 1 aromatic rings. The molecule has 1 heterocycles. The van der Waals surface area contributed by atoms with Crippen molar-refractivity contribution in [2.24, 2.45) is 0 Å². The number of aryl methyl sites for hydroxylation is 1. The Morgan fingerprint density at radius 1 is 0.850 bits per heavy atom. The Balaban J connectivity index is 2.97. The number of aromatic nitrogens is 2. The molecule has 20 heavy (non-hydrogen) atoms. The van der Waals surface area contributed by atoms with Crippen LogP contribution in [0.1, 0.15) is 72.0 Å². The zero-order valence-corrected chi connectivity index (χ0v) is 17.5. The quantitative estimate of drug-likeness (QED) is 0.478. The zero-order chi connectivity index (χ0) is 14.8. The van der Waals surface area contributed by atoms with E-state index in [0.717, 1.165) is 12.2 Å². The molecular formula is C16H32N2SSn. The van der Waals surface area contributed by atoms with E-state index >= 15 is 0 Å². The standard InChI is InChI=1S/C4H5N2S.3C4H9.Sn/c1-2-4-5-3-7-6-4;3*1-3-4-2;/h2H2,1H3;3*1,3-4H2,2H3;. The molecule has 0 spiro atoms. The molecule has 4 heteroatoms. The first-order valence-electron chi connectivity index (χ1n) is 8.55. The number of hydrogen-bond donors (Lipinski definition) is 0. The summed E-state index contributed by atoms with van der Waals surface area (Å²) in [7, 11) is 0. The molecule has 0 saturated heterocycles. The summed E-state index contributed by atoms with van der Waals surface area (Å²) in [4.78, 5) is 4.96. The second kappa shape index (κ2) is 10.1. The van der Waals surface area contributed by atoms with Crippen molar-refractivity contribution in [1.82, 2.24) is 9.36 Å². The Kier molecular flexibility index (Phi) is 9.34. The van der Waals surface area contributed by atoms with Gasteiger partial charge in [0, 0.05) is 0 Å². The van der Waals surface area contributed by atoms with Crippen molar-refractivity contribution in [2.45, 2.75) is 86.0 Å². The first-order valence-corrected chi connectivity index (χ1v) is 16.8. The molecule has 1 aromatic heterocycles. The van der Waals surface area contributed by atoms with Crippen molar-refractivity contribution in [3.8, 4) is 0 Å². The summed E-state index contributed by atoms with van der Waals surface area (Å²) in [6, 6.07) is 0. The zero-order valence-electron chi connectivity index (χ0n) is 13.9. The summed E-state index contributed by atoms with van der Waals surface area (Å²) in [5.74, 6) is 1.09. The van der Waals surface area contributed by atoms with Crippen molar-refractivity contribution in [1.29, 1.82) is 0 Å². The Bertz CT molecular complexity index is 343. The van der Waals surface area contributed by atoms with E-state index in [-0.39, 0.29) is 0 Å². The summed E-state index contributed by atoms with van der Waals surface area (Å²) in [6.07, 6.45) is 9.20. The van der Waals surface area contributed by atoms with Crippen LogP contribution < -0.4 is 3.02 Å². The van der Waals surface area contributed by atoms with E-state index < -0.39 is 18.4 Å². The third-order valence-corrected chi connectivity index (χ3v) is 22.6. The first kappa shape index (κ1) is 18.4. The molecule has 1 rings (SSSR count). The summed E-state index contributed by atoms with van der Waals surface area (Å²) < 4.78 is 10.7. The molecule has 0 aliphatic rings. The fraction of sp³-hybridized carbons (Fsp3) is 0.875. The van der Waals surface area contributed by atoms with E-state index in [9.17, 15) is 0 Å². The van der Waals surface area contributed by atoms with Gasteiger partial charge < -0.3 is 0 Å². The Labute approximate surface area is 133 Å². The normalized spacial score (nSPS) is 12.0. The van der Waals surface area contributed by atoms with Crippen molar-refractivity contribution in [2.75, 3.05) is 0 Å². The summed E-state index contributed by atoms with van der Waals surface area (Å²) >= 11 is -0.490. The van der Waals surface area contributed by atoms with Crippen LogP contribution in [-0.2, 0) is 6.42 Å². The molecule has 0 atom stereocenters. The average molecular weight is 403 g/mol. The molecule has 0 aliphatic heterocycles. The van der Waals surface area contributed by atoms with Crippen LogP contribution in [0.2, 0.25) is 13.3 Å². The second-order valence-electron chi connectivity index (χ2n) is 5.96. The Hall–Kier alpha value is 0.359. The van der Waals surface area contributed by atoms with Crippen molar-refractivity contribution >= 4 is 32.9 Å². The Morgan fingerprint density at radius 3 is 1.70 bits per heavy atom. The van der Waals surface area contributed by atoms with Crippen molar-refractivity contribution < 1.29 is 0 Å². The number of nitrogens with zero attached hydrogens (tertiary/aromatic N) is 2. The molecule has 0 aliphatic carbocycles. The van der Waals surface area contributed by atoms with Crippen LogP contribution in [0.25, 0.3) is 0 Å². The van der Waals surface area contributed by atoms with E-state index in [1.165, 1.54) is 54.9 Å². The summed E-state index contributed by atoms with van der Waals surface area (Å²) in [5.41, 5.74) is 0. The summed E-state index contributed by atoms with van der Waals surface area (Å²) in [6.45, 7) is 9.16. The SMILES string of the molecule is CCC[CH2][Sn]([CH2]CCC)([CH2]CCC)[c]1nc(CC)ns1. The van der Waals surface area contributed by atoms with E-state index in [1.54, 1.807) is 11.5 Å². The van der Waals surface area contributed by atoms with E-state index in [2.05, 4.69) is 32.1 Å². The van der Waals surface area contributed by atoms with Gasteiger partial charge in [0.25, 0.3) is 0 Å². The molecule has 0 bridgehead atoms. The second-order valence-corrected chi connectivity index (χ2v) is 20.7. The van der Waals surface area contributed by atoms with Gasteiger partial charge in [-0.3, -0.25) is 0 Å². The number of unbranched alkanes of at least 4 members (excludes halogenated alkanes) is 3. The van der Waals surface area contributed by atoms with Crippen LogP contribution in [0.15, 0.2) is 0 Å². The van der Waals surface area contributed by atoms with Crippen LogP contribution in [0.3, 0.4) is 0 Å². The Morgan fingerprint density at radius 2 is 1.35 bits per heavy atom. The first-order chi connectivity index (χ1) is 9.72. The molecule has 0 aromatic carbocycles. The van der Waals surface area contributed by atoms with E-state index in [0.29, 0.717) is 0 Å². The van der Waals surface area contributed by atoms with Crippen LogP contribution in [0.5, 0.6) is 0 Å². The maximum atomic E-state index is 4.96. The predicted molar refractivity (Wildman–Crippen MR) is 93.8 cm³/mol. The van der Waals surface area contributed by atoms with Gasteiger partial charge in [-0.05, 0) is 0 Å². The van der Waals surface area contributed by atoms with Gasteiger partial charge in [0.05, 0.1) is 0 Å². The van der Waals surface area contributed by atoms with Crippen LogP contribution in [0.4, 0.5) is 0 Å². The van der Waals surface area contributed by atoms with Crippen LogP contribution >= 0.6 is 11.5 Å². The molecule has 0 fully saturated rings. The minimum atomic E-state index is -2.25. The molecule has 0 radical (unpaired) electrons. The van der Waals surface area contributed by atoms with Gasteiger partial charge in [0.1, 0.15) is 0 Å². The van der Waals surface area contributed by atoms with Gasteiger partial charge in [-0.1, -0.05) is 0 Å². The predicted octanol–water partition coefficient (Wildman–Crippen LogP) is 5.16. The van der Waals surface area contributed by atoms with Gasteiger partial charge >= 0.3 is 134 Å². The van der Waals surface area contributed by atoms with Gasteiger partial charge in [0.15, 0.2) is 0 Å². The van der Waals surface area contributed by atoms with E-state index in [1.807, 2.05) is 0 Å². The van der Waals surface area contributed by atoms with E-state index in [4.69, 9.17) is 4.98 Å². The maximum absolute atomic E-state index is 4.96. The summed E-state index contributed by atoms with van der Waals surface area (Å²) in [5, 5.41) is 0. The fourth-order valence-electron chi connectivity index (χ4n) is 2.85. The molecule has 0 N–H and O–H groups in total. The monoisotopic (exact) mass is 404 g/mol. The minimum absolute atomic E-state index is 0.994. The van der Waals surface area contributed by atoms with Gasteiger partial charge in [-0.2, -0.15) is 0 Å². The topological polar surface area (TPSA) is 25.8 Å². The molecule has 0 amide bonds. The molecule has 0 unspecified atom stereocenters. The van der Waals surface area contributed by atoms with Gasteiger partial charge in [-0.25, -0.2) is 0 Å². The molecule has 116 valence electrons. The molecular weight excluding hydrogens is 371 g/mol. The third kappa shape index (κ3) is 5.28. The average Bonchev–Trinajstić information content (AvgIpc) is 2.96. The van der Waals surface area contributed by atoms with Gasteiger partial charge in [-0.15, -0.1) is 0 Å². The number of hydrogen-bond acceptors (Lipinski definition) is 3.